The monoisotopic (exact) mass is 725 g/mol. The molecule has 5 nitrogen and oxygen atoms in total. The molecule has 52 heavy (non-hydrogen) atoms. The number of hydrogen-bond acceptors (Lipinski definition) is 5. The maximum absolute atomic E-state index is 13.4. The van der Waals surface area contributed by atoms with Gasteiger partial charge in [-0.3, -0.25) is 9.59 Å². The van der Waals surface area contributed by atoms with Crippen LogP contribution in [0.4, 0.5) is 0 Å². The Hall–Kier alpha value is -4.46. The number of nitrogens with zero attached hydrogens (tertiary/aromatic N) is 3. The van der Waals surface area contributed by atoms with E-state index < -0.39 is 0 Å². The summed E-state index contributed by atoms with van der Waals surface area (Å²) >= 11 is 3.64. The van der Waals surface area contributed by atoms with Gasteiger partial charge in [-0.2, -0.15) is 0 Å². The highest BCUT2D eigenvalue weighted by Gasteiger charge is 2.36. The van der Waals surface area contributed by atoms with Crippen LogP contribution in [0.25, 0.3) is 26.5 Å². The first-order valence-corrected chi connectivity index (χ1v) is 20.4. The van der Waals surface area contributed by atoms with Gasteiger partial charge in [-0.1, -0.05) is 122 Å². The van der Waals surface area contributed by atoms with Crippen LogP contribution in [0.3, 0.4) is 0 Å². The topological polar surface area (TPSA) is 53.5 Å². The molecule has 1 fully saturated rings. The zero-order valence-electron chi connectivity index (χ0n) is 30.0. The first-order chi connectivity index (χ1) is 25.5. The first-order valence-electron chi connectivity index (χ1n) is 18.7. The number of aromatic nitrogens is 1. The van der Waals surface area contributed by atoms with Gasteiger partial charge in [0, 0.05) is 35.5 Å². The van der Waals surface area contributed by atoms with Crippen molar-refractivity contribution in [3.8, 4) is 21.6 Å². The molecule has 1 unspecified atom stereocenters. The number of allylic oxidation sites excluding steroid dienone is 1. The molecular weight excluding hydrogens is 679 g/mol. The Morgan fingerprint density at radius 2 is 1.40 bits per heavy atom. The van der Waals surface area contributed by atoms with Crippen LogP contribution >= 0.6 is 23.1 Å². The van der Waals surface area contributed by atoms with Crippen molar-refractivity contribution in [2.24, 2.45) is 0 Å². The van der Waals surface area contributed by atoms with Gasteiger partial charge in [-0.05, 0) is 71.9 Å². The standard InChI is InChI=1S/C45H47N3O2S2/c1-2-27-47(44(49)29-33-12-5-3-6-13-33)32-43-46-31-42(52-43)38-25-21-36(22-26-38)35-19-23-37(24-20-35)40-17-9-10-18-41(51-40)39-16-11-28-48(39)45(50)30-34-14-7-4-8-15-34/h3-8,12-15,17,19-26,31,39,41H,2,9-11,16,18,27-30,32H2,1H3/t39-,41?/m0/s1. The van der Waals surface area contributed by atoms with Gasteiger partial charge < -0.3 is 9.80 Å². The van der Waals surface area contributed by atoms with Crippen molar-refractivity contribution >= 4 is 39.8 Å². The smallest absolute Gasteiger partial charge is 0.227 e. The molecule has 0 N–H and O–H groups in total. The Balaban J connectivity index is 0.973. The number of rotatable bonds is 12. The van der Waals surface area contributed by atoms with Crippen LogP contribution in [0.5, 0.6) is 0 Å². The van der Waals surface area contributed by atoms with Gasteiger partial charge in [0.05, 0.1) is 24.3 Å². The Morgan fingerprint density at radius 1 is 0.769 bits per heavy atom. The summed E-state index contributed by atoms with van der Waals surface area (Å²) in [6.45, 7) is 4.24. The molecule has 0 bridgehead atoms. The Labute approximate surface area is 316 Å². The molecular formula is C45H47N3O2S2. The van der Waals surface area contributed by atoms with E-state index in [-0.39, 0.29) is 11.8 Å². The van der Waals surface area contributed by atoms with Crippen LogP contribution in [0.1, 0.15) is 67.1 Å². The van der Waals surface area contributed by atoms with E-state index in [1.165, 1.54) is 21.6 Å². The van der Waals surface area contributed by atoms with Crippen molar-refractivity contribution in [3.63, 3.8) is 0 Å². The fourth-order valence-corrected chi connectivity index (χ4v) is 9.89. The van der Waals surface area contributed by atoms with E-state index in [0.29, 0.717) is 30.7 Å². The first kappa shape index (κ1) is 35.9. The van der Waals surface area contributed by atoms with Crippen LogP contribution in [0.15, 0.2) is 121 Å². The SMILES string of the molecule is CCCN(Cc1ncc(-c2ccc(-c3ccc(C4=CCCCC([C@@H]5CCCN5C(=O)Cc5ccccc5)S4)cc3)cc2)s1)C(=O)Cc1ccccc1. The number of thioether (sulfide) groups is 1. The summed E-state index contributed by atoms with van der Waals surface area (Å²) in [6, 6.07) is 38.1. The summed E-state index contributed by atoms with van der Waals surface area (Å²) in [6.07, 6.45) is 11.7. The van der Waals surface area contributed by atoms with Gasteiger partial charge in [-0.15, -0.1) is 23.1 Å². The molecule has 0 aliphatic carbocycles. The molecule has 2 atom stereocenters. The van der Waals surface area contributed by atoms with E-state index in [1.807, 2.05) is 71.4 Å². The third-order valence-electron chi connectivity index (χ3n) is 10.1. The van der Waals surface area contributed by atoms with Crippen LogP contribution in [0, 0.1) is 0 Å². The maximum atomic E-state index is 13.4. The lowest BCUT2D eigenvalue weighted by molar-refractivity contribution is -0.132. The molecule has 4 aromatic carbocycles. The maximum Gasteiger partial charge on any atom is 0.227 e. The van der Waals surface area contributed by atoms with Crippen molar-refractivity contribution in [1.82, 2.24) is 14.8 Å². The van der Waals surface area contributed by atoms with Gasteiger partial charge in [0.25, 0.3) is 0 Å². The molecule has 3 heterocycles. The van der Waals surface area contributed by atoms with Crippen LogP contribution in [-0.4, -0.2) is 51.0 Å². The fraction of sp³-hybridized carbons (Fsp3) is 0.311. The molecule has 7 heteroatoms. The average molecular weight is 726 g/mol. The predicted molar refractivity (Wildman–Crippen MR) is 217 cm³/mol. The Bertz CT molecular complexity index is 1960. The highest BCUT2D eigenvalue weighted by Crippen LogP contribution is 2.42. The number of benzene rings is 4. The molecule has 2 aliphatic rings. The van der Waals surface area contributed by atoms with E-state index in [2.05, 4.69) is 78.6 Å². The number of thiazole rings is 1. The second-order valence-electron chi connectivity index (χ2n) is 13.9. The number of likely N-dealkylation sites (tertiary alicyclic amines) is 1. The number of carbonyl (C=O) groups excluding carboxylic acids is 2. The summed E-state index contributed by atoms with van der Waals surface area (Å²) in [5.41, 5.74) is 6.90. The minimum absolute atomic E-state index is 0.139. The van der Waals surface area contributed by atoms with Crippen molar-refractivity contribution in [3.05, 3.63) is 143 Å². The number of amides is 2. The lowest BCUT2D eigenvalue weighted by Gasteiger charge is -2.31. The fourth-order valence-electron chi connectivity index (χ4n) is 7.42. The van der Waals surface area contributed by atoms with Crippen LogP contribution in [0.2, 0.25) is 0 Å². The normalized spacial score (nSPS) is 17.4. The third kappa shape index (κ3) is 8.94. The van der Waals surface area contributed by atoms with Gasteiger partial charge in [0.15, 0.2) is 0 Å². The van der Waals surface area contributed by atoms with E-state index in [0.717, 1.165) is 78.2 Å². The number of hydrogen-bond donors (Lipinski definition) is 0. The van der Waals surface area contributed by atoms with Crippen molar-refractivity contribution < 1.29 is 9.59 Å². The Kier molecular flexibility index (Phi) is 12.0. The van der Waals surface area contributed by atoms with Gasteiger partial charge in [0.2, 0.25) is 11.8 Å². The summed E-state index contributed by atoms with van der Waals surface area (Å²) < 4.78 is 0. The third-order valence-corrected chi connectivity index (χ3v) is 12.7. The van der Waals surface area contributed by atoms with E-state index in [4.69, 9.17) is 4.98 Å². The van der Waals surface area contributed by atoms with Crippen LogP contribution < -0.4 is 0 Å². The summed E-state index contributed by atoms with van der Waals surface area (Å²) in [5.74, 6) is 0.403. The zero-order chi connectivity index (χ0) is 35.7. The summed E-state index contributed by atoms with van der Waals surface area (Å²) in [7, 11) is 0. The molecule has 0 radical (unpaired) electrons. The molecule has 266 valence electrons. The largest absolute Gasteiger partial charge is 0.338 e. The predicted octanol–water partition coefficient (Wildman–Crippen LogP) is 10.3. The summed E-state index contributed by atoms with van der Waals surface area (Å²) in [5, 5.41) is 1.37. The lowest BCUT2D eigenvalue weighted by atomic mass is 10.0. The molecule has 5 aromatic rings. The van der Waals surface area contributed by atoms with Crippen LogP contribution in [-0.2, 0) is 29.0 Å². The minimum Gasteiger partial charge on any atom is -0.338 e. The number of carbonyl (C=O) groups is 2. The van der Waals surface area contributed by atoms with Gasteiger partial charge >= 0.3 is 0 Å². The molecule has 2 amide bonds. The van der Waals surface area contributed by atoms with E-state index >= 15 is 0 Å². The minimum atomic E-state index is 0.139. The highest BCUT2D eigenvalue weighted by molar-refractivity contribution is 8.08. The highest BCUT2D eigenvalue weighted by atomic mass is 32.2. The molecule has 1 aromatic heterocycles. The molecule has 1 saturated heterocycles. The molecule has 2 aliphatic heterocycles. The zero-order valence-corrected chi connectivity index (χ0v) is 31.6. The average Bonchev–Trinajstić information content (AvgIpc) is 3.80. The van der Waals surface area contributed by atoms with E-state index in [1.54, 1.807) is 11.3 Å². The van der Waals surface area contributed by atoms with E-state index in [9.17, 15) is 9.59 Å². The second kappa shape index (κ2) is 17.4. The quantitative estimate of drug-likeness (QED) is 0.129. The second-order valence-corrected chi connectivity index (χ2v) is 16.3. The van der Waals surface area contributed by atoms with Crippen molar-refractivity contribution in [2.75, 3.05) is 13.1 Å². The van der Waals surface area contributed by atoms with Gasteiger partial charge in [0.1, 0.15) is 5.01 Å². The molecule has 7 rings (SSSR count). The van der Waals surface area contributed by atoms with Crippen molar-refractivity contribution in [1.29, 1.82) is 0 Å². The molecule has 0 spiro atoms. The van der Waals surface area contributed by atoms with Crippen molar-refractivity contribution in [2.45, 2.75) is 76.1 Å². The van der Waals surface area contributed by atoms with Gasteiger partial charge in [-0.25, -0.2) is 4.98 Å². The lowest BCUT2D eigenvalue weighted by Crippen LogP contribution is -2.42. The molecule has 0 saturated carbocycles. The summed E-state index contributed by atoms with van der Waals surface area (Å²) in [4.78, 5) is 37.8. The Morgan fingerprint density at radius 3 is 2.08 bits per heavy atom.